The molecular weight excluding hydrogens is 503 g/mol. The topological polar surface area (TPSA) is 105 Å². The summed E-state index contributed by atoms with van der Waals surface area (Å²) in [6.07, 6.45) is -0.154. The lowest BCUT2D eigenvalue weighted by atomic mass is 9.90. The third-order valence-electron chi connectivity index (χ3n) is 5.44. The van der Waals surface area contributed by atoms with E-state index in [4.69, 9.17) is 27.9 Å². The zero-order chi connectivity index (χ0) is 25.9. The van der Waals surface area contributed by atoms with Crippen LogP contribution >= 0.6 is 23.2 Å². The highest BCUT2D eigenvalue weighted by Crippen LogP contribution is 2.27. The standard InChI is InChI=1S/C27H26Cl2N2O5/c28-21-12-8-19(9-13-21)24(20-10-14-22(29)15-11-20)25(32)31-23(26(33)34)7-4-16-30-27(35)36-17-18-5-2-1-3-6-18/h1-3,5-6,8-15,23-24H,4,7,16-17H2,(H,30,35)(H,31,32)(H,33,34)/t23-/m1/s1. The van der Waals surface area contributed by atoms with Gasteiger partial charge in [-0.25, -0.2) is 9.59 Å². The molecule has 0 aliphatic heterocycles. The number of carbonyl (C=O) groups excluding carboxylic acids is 2. The molecule has 0 heterocycles. The van der Waals surface area contributed by atoms with E-state index in [0.29, 0.717) is 27.6 Å². The smallest absolute Gasteiger partial charge is 0.407 e. The van der Waals surface area contributed by atoms with Crippen LogP contribution in [0.3, 0.4) is 0 Å². The largest absolute Gasteiger partial charge is 0.480 e. The van der Waals surface area contributed by atoms with Gasteiger partial charge in [-0.2, -0.15) is 0 Å². The van der Waals surface area contributed by atoms with Gasteiger partial charge < -0.3 is 20.5 Å². The highest BCUT2D eigenvalue weighted by atomic mass is 35.5. The van der Waals surface area contributed by atoms with Gasteiger partial charge in [0.2, 0.25) is 5.91 Å². The summed E-state index contributed by atoms with van der Waals surface area (Å²) in [6, 6.07) is 21.7. The van der Waals surface area contributed by atoms with E-state index in [1.807, 2.05) is 30.3 Å². The number of benzene rings is 3. The number of amides is 2. The van der Waals surface area contributed by atoms with Gasteiger partial charge in [0.1, 0.15) is 12.6 Å². The zero-order valence-corrected chi connectivity index (χ0v) is 20.8. The van der Waals surface area contributed by atoms with Gasteiger partial charge in [0.15, 0.2) is 0 Å². The first-order valence-corrected chi connectivity index (χ1v) is 12.1. The monoisotopic (exact) mass is 528 g/mol. The molecule has 36 heavy (non-hydrogen) atoms. The molecule has 0 fully saturated rings. The van der Waals surface area contributed by atoms with E-state index in [1.165, 1.54) is 0 Å². The number of carboxylic acid groups (broad SMARTS) is 1. The van der Waals surface area contributed by atoms with Gasteiger partial charge in [0, 0.05) is 16.6 Å². The second-order valence-electron chi connectivity index (χ2n) is 8.07. The van der Waals surface area contributed by atoms with Crippen molar-refractivity contribution in [2.24, 2.45) is 0 Å². The molecule has 3 aromatic rings. The molecule has 0 bridgehead atoms. The summed E-state index contributed by atoms with van der Waals surface area (Å²) in [5.74, 6) is -2.39. The molecule has 0 aliphatic carbocycles. The second kappa shape index (κ2) is 13.5. The Hall–Kier alpha value is -3.55. The highest BCUT2D eigenvalue weighted by Gasteiger charge is 2.27. The number of hydrogen-bond acceptors (Lipinski definition) is 4. The first-order valence-electron chi connectivity index (χ1n) is 11.3. The molecule has 0 radical (unpaired) electrons. The molecule has 0 spiro atoms. The summed E-state index contributed by atoms with van der Waals surface area (Å²) < 4.78 is 5.14. The van der Waals surface area contributed by atoms with E-state index in [2.05, 4.69) is 10.6 Å². The maximum absolute atomic E-state index is 13.3. The summed E-state index contributed by atoms with van der Waals surface area (Å²) in [6.45, 7) is 0.336. The number of alkyl carbamates (subject to hydrolysis) is 1. The molecule has 0 aliphatic rings. The lowest BCUT2D eigenvalue weighted by molar-refractivity contribution is -0.142. The molecule has 7 nitrogen and oxygen atoms in total. The molecule has 0 unspecified atom stereocenters. The first kappa shape index (κ1) is 27.0. The van der Waals surface area contributed by atoms with E-state index < -0.39 is 29.9 Å². The second-order valence-corrected chi connectivity index (χ2v) is 8.94. The predicted octanol–water partition coefficient (Wildman–Crippen LogP) is 5.40. The molecular formula is C27H26Cl2N2O5. The number of nitrogens with one attached hydrogen (secondary N) is 2. The molecule has 0 saturated heterocycles. The fourth-order valence-electron chi connectivity index (χ4n) is 3.59. The number of aliphatic carboxylic acids is 1. The molecule has 0 saturated carbocycles. The lowest BCUT2D eigenvalue weighted by Crippen LogP contribution is -2.43. The Kier molecular flexibility index (Phi) is 10.2. The Morgan fingerprint density at radius 3 is 1.92 bits per heavy atom. The van der Waals surface area contributed by atoms with Crippen molar-refractivity contribution in [3.63, 3.8) is 0 Å². The fraction of sp³-hybridized carbons (Fsp3) is 0.222. The van der Waals surface area contributed by atoms with Crippen molar-refractivity contribution < 1.29 is 24.2 Å². The van der Waals surface area contributed by atoms with Crippen LogP contribution in [0.4, 0.5) is 4.79 Å². The van der Waals surface area contributed by atoms with E-state index >= 15 is 0 Å². The molecule has 1 atom stereocenters. The van der Waals surface area contributed by atoms with Crippen molar-refractivity contribution in [1.82, 2.24) is 10.6 Å². The average Bonchev–Trinajstić information content (AvgIpc) is 2.87. The molecule has 188 valence electrons. The van der Waals surface area contributed by atoms with Crippen LogP contribution in [0.5, 0.6) is 0 Å². The minimum absolute atomic E-state index is 0.119. The maximum Gasteiger partial charge on any atom is 0.407 e. The number of carbonyl (C=O) groups is 3. The summed E-state index contributed by atoms with van der Waals surface area (Å²) in [5, 5.41) is 15.9. The van der Waals surface area contributed by atoms with Crippen molar-refractivity contribution in [2.45, 2.75) is 31.4 Å². The predicted molar refractivity (Wildman–Crippen MR) is 138 cm³/mol. The van der Waals surface area contributed by atoms with Gasteiger partial charge in [-0.05, 0) is 53.8 Å². The van der Waals surface area contributed by atoms with Crippen LogP contribution in [0.15, 0.2) is 78.9 Å². The molecule has 0 aromatic heterocycles. The van der Waals surface area contributed by atoms with Crippen LogP contribution in [-0.2, 0) is 20.9 Å². The number of halogens is 2. The number of rotatable bonds is 11. The highest BCUT2D eigenvalue weighted by molar-refractivity contribution is 6.30. The quantitative estimate of drug-likeness (QED) is 0.289. The Bertz CT molecular complexity index is 1110. The minimum atomic E-state index is -1.17. The summed E-state index contributed by atoms with van der Waals surface area (Å²) in [4.78, 5) is 37.0. The van der Waals surface area contributed by atoms with Gasteiger partial charge in [0.25, 0.3) is 0 Å². The first-order chi connectivity index (χ1) is 17.3. The third kappa shape index (κ3) is 8.29. The van der Waals surface area contributed by atoms with Gasteiger partial charge in [-0.1, -0.05) is 77.8 Å². The Morgan fingerprint density at radius 1 is 0.833 bits per heavy atom. The Balaban J connectivity index is 1.57. The van der Waals surface area contributed by atoms with Gasteiger partial charge in [0.05, 0.1) is 5.92 Å². The number of carboxylic acids is 1. The fourth-order valence-corrected chi connectivity index (χ4v) is 3.84. The molecule has 3 aromatic carbocycles. The van der Waals surface area contributed by atoms with Gasteiger partial charge in [-0.15, -0.1) is 0 Å². The SMILES string of the molecule is O=C(NCCC[C@@H](NC(=O)C(c1ccc(Cl)cc1)c1ccc(Cl)cc1)C(=O)O)OCc1ccccc1. The van der Waals surface area contributed by atoms with Crippen molar-refractivity contribution >= 4 is 41.2 Å². The van der Waals surface area contributed by atoms with Crippen LogP contribution in [0.25, 0.3) is 0 Å². The normalized spacial score (nSPS) is 11.5. The van der Waals surface area contributed by atoms with Crippen LogP contribution in [-0.4, -0.2) is 35.7 Å². The van der Waals surface area contributed by atoms with Crippen LogP contribution in [0.2, 0.25) is 10.0 Å². The van der Waals surface area contributed by atoms with E-state index in [-0.39, 0.29) is 19.6 Å². The van der Waals surface area contributed by atoms with E-state index in [9.17, 15) is 19.5 Å². The third-order valence-corrected chi connectivity index (χ3v) is 5.94. The molecule has 9 heteroatoms. The summed E-state index contributed by atoms with van der Waals surface area (Å²) >= 11 is 12.0. The van der Waals surface area contributed by atoms with Crippen molar-refractivity contribution in [1.29, 1.82) is 0 Å². The Morgan fingerprint density at radius 2 is 1.39 bits per heavy atom. The zero-order valence-electron chi connectivity index (χ0n) is 19.3. The summed E-state index contributed by atoms with van der Waals surface area (Å²) in [5.41, 5.74) is 2.18. The average molecular weight is 529 g/mol. The van der Waals surface area contributed by atoms with Crippen LogP contribution in [0.1, 0.15) is 35.4 Å². The molecule has 2 amide bonds. The minimum Gasteiger partial charge on any atom is -0.480 e. The molecule has 3 rings (SSSR count). The van der Waals surface area contributed by atoms with Crippen molar-refractivity contribution in [3.8, 4) is 0 Å². The molecule has 3 N–H and O–H groups in total. The maximum atomic E-state index is 13.3. The van der Waals surface area contributed by atoms with Gasteiger partial charge in [-0.3, -0.25) is 4.79 Å². The van der Waals surface area contributed by atoms with Crippen LogP contribution < -0.4 is 10.6 Å². The van der Waals surface area contributed by atoms with E-state index in [0.717, 1.165) is 5.56 Å². The van der Waals surface area contributed by atoms with Crippen molar-refractivity contribution in [3.05, 3.63) is 106 Å². The number of hydrogen-bond donors (Lipinski definition) is 3. The lowest BCUT2D eigenvalue weighted by Gasteiger charge is -2.21. The van der Waals surface area contributed by atoms with Gasteiger partial charge >= 0.3 is 12.1 Å². The summed E-state index contributed by atoms with van der Waals surface area (Å²) in [7, 11) is 0. The van der Waals surface area contributed by atoms with Crippen molar-refractivity contribution in [2.75, 3.05) is 6.54 Å². The van der Waals surface area contributed by atoms with E-state index in [1.54, 1.807) is 48.5 Å². The van der Waals surface area contributed by atoms with Crippen LogP contribution in [0, 0.1) is 0 Å². The number of ether oxygens (including phenoxy) is 1. The Labute approximate surface area is 219 Å².